The molecule has 0 aromatic heterocycles. The van der Waals surface area contributed by atoms with Gasteiger partial charge < -0.3 is 9.47 Å². The van der Waals surface area contributed by atoms with Crippen LogP contribution in [0.15, 0.2) is 60.7 Å². The maximum Gasteiger partial charge on any atom is 0.309 e. The Morgan fingerprint density at radius 3 is 1.70 bits per heavy atom. The molecule has 0 aliphatic heterocycles. The van der Waals surface area contributed by atoms with Gasteiger partial charge in [0.1, 0.15) is 5.60 Å². The van der Waals surface area contributed by atoms with E-state index in [4.69, 9.17) is 9.47 Å². The first kappa shape index (κ1) is 14.3. The molecule has 0 aliphatic carbocycles. The third-order valence-corrected chi connectivity index (χ3v) is 3.45. The van der Waals surface area contributed by atoms with Crippen molar-refractivity contribution in [2.24, 2.45) is 0 Å². The monoisotopic (exact) mass is 270 g/mol. The second-order valence-corrected chi connectivity index (χ2v) is 4.52. The topological polar surface area (TPSA) is 35.5 Å². The highest BCUT2D eigenvalue weighted by atomic mass is 16.5. The van der Waals surface area contributed by atoms with Gasteiger partial charge in [-0.15, -0.1) is 0 Å². The van der Waals surface area contributed by atoms with Crippen molar-refractivity contribution in [2.75, 3.05) is 14.2 Å². The maximum absolute atomic E-state index is 11.8. The zero-order valence-electron chi connectivity index (χ0n) is 11.7. The lowest BCUT2D eigenvalue weighted by Gasteiger charge is -2.32. The van der Waals surface area contributed by atoms with E-state index in [1.807, 2.05) is 60.7 Å². The lowest BCUT2D eigenvalue weighted by Crippen LogP contribution is -2.33. The minimum atomic E-state index is -0.824. The number of carbonyl (C=O) groups is 1. The summed E-state index contributed by atoms with van der Waals surface area (Å²) in [5, 5.41) is 0. The van der Waals surface area contributed by atoms with Crippen LogP contribution in [-0.2, 0) is 19.9 Å². The van der Waals surface area contributed by atoms with Gasteiger partial charge in [0, 0.05) is 7.11 Å². The van der Waals surface area contributed by atoms with Gasteiger partial charge in [-0.25, -0.2) is 0 Å². The molecule has 0 spiro atoms. The first-order valence-corrected chi connectivity index (χ1v) is 6.46. The SMILES string of the molecule is COC(=O)CC(OC)(c1ccccc1)c1ccccc1. The third kappa shape index (κ3) is 2.73. The quantitative estimate of drug-likeness (QED) is 0.783. The van der Waals surface area contributed by atoms with Crippen molar-refractivity contribution in [3.63, 3.8) is 0 Å². The van der Waals surface area contributed by atoms with Crippen LogP contribution in [0.1, 0.15) is 17.5 Å². The normalized spacial score (nSPS) is 11.1. The predicted molar refractivity (Wildman–Crippen MR) is 77.3 cm³/mol. The Bertz CT molecular complexity index is 509. The fraction of sp³-hybridized carbons (Fsp3) is 0.235. The van der Waals surface area contributed by atoms with Gasteiger partial charge in [-0.2, -0.15) is 0 Å². The molecule has 0 saturated carbocycles. The van der Waals surface area contributed by atoms with Gasteiger partial charge >= 0.3 is 5.97 Å². The van der Waals surface area contributed by atoms with Gasteiger partial charge in [-0.05, 0) is 11.1 Å². The summed E-state index contributed by atoms with van der Waals surface area (Å²) in [4.78, 5) is 11.8. The first-order chi connectivity index (χ1) is 9.73. The number of rotatable bonds is 5. The van der Waals surface area contributed by atoms with Crippen LogP contribution >= 0.6 is 0 Å². The molecular formula is C17H18O3. The van der Waals surface area contributed by atoms with Crippen LogP contribution < -0.4 is 0 Å². The minimum Gasteiger partial charge on any atom is -0.469 e. The first-order valence-electron chi connectivity index (χ1n) is 6.46. The lowest BCUT2D eigenvalue weighted by atomic mass is 9.83. The van der Waals surface area contributed by atoms with E-state index in [0.29, 0.717) is 0 Å². The van der Waals surface area contributed by atoms with E-state index in [2.05, 4.69) is 0 Å². The fourth-order valence-corrected chi connectivity index (χ4v) is 2.37. The molecule has 0 unspecified atom stereocenters. The van der Waals surface area contributed by atoms with Crippen LogP contribution in [0.4, 0.5) is 0 Å². The number of hydrogen-bond acceptors (Lipinski definition) is 3. The molecule has 0 N–H and O–H groups in total. The third-order valence-electron chi connectivity index (χ3n) is 3.45. The Hall–Kier alpha value is -2.13. The zero-order valence-corrected chi connectivity index (χ0v) is 11.7. The molecule has 2 aromatic carbocycles. The van der Waals surface area contributed by atoms with Crippen molar-refractivity contribution in [3.05, 3.63) is 71.8 Å². The molecule has 0 radical (unpaired) electrons. The molecule has 3 heteroatoms. The highest BCUT2D eigenvalue weighted by Gasteiger charge is 2.37. The Labute approximate surface area is 119 Å². The molecule has 0 atom stereocenters. The van der Waals surface area contributed by atoms with Gasteiger partial charge in [-0.3, -0.25) is 4.79 Å². The average Bonchev–Trinajstić information content (AvgIpc) is 2.54. The number of benzene rings is 2. The van der Waals surface area contributed by atoms with E-state index in [1.165, 1.54) is 7.11 Å². The lowest BCUT2D eigenvalue weighted by molar-refractivity contribution is -0.146. The summed E-state index contributed by atoms with van der Waals surface area (Å²) in [5.74, 6) is -0.306. The molecule has 2 rings (SSSR count). The molecule has 0 bridgehead atoms. The molecule has 20 heavy (non-hydrogen) atoms. The van der Waals surface area contributed by atoms with Crippen molar-refractivity contribution >= 4 is 5.97 Å². The van der Waals surface area contributed by atoms with E-state index >= 15 is 0 Å². The Kier molecular flexibility index (Phi) is 4.53. The summed E-state index contributed by atoms with van der Waals surface area (Å²) in [6, 6.07) is 19.4. The van der Waals surface area contributed by atoms with Crippen molar-refractivity contribution in [1.29, 1.82) is 0 Å². The van der Waals surface area contributed by atoms with E-state index < -0.39 is 5.60 Å². The van der Waals surface area contributed by atoms with Crippen LogP contribution in [0.25, 0.3) is 0 Å². The fourth-order valence-electron chi connectivity index (χ4n) is 2.37. The average molecular weight is 270 g/mol. The number of hydrogen-bond donors (Lipinski definition) is 0. The second-order valence-electron chi connectivity index (χ2n) is 4.52. The Morgan fingerprint density at radius 2 is 1.35 bits per heavy atom. The Balaban J connectivity index is 2.55. The van der Waals surface area contributed by atoms with E-state index in [9.17, 15) is 4.79 Å². The molecule has 3 nitrogen and oxygen atoms in total. The molecule has 0 aliphatic rings. The summed E-state index contributed by atoms with van der Waals surface area (Å²) < 4.78 is 10.6. The van der Waals surface area contributed by atoms with Crippen molar-refractivity contribution in [3.8, 4) is 0 Å². The summed E-state index contributed by atoms with van der Waals surface area (Å²) in [7, 11) is 3.00. The van der Waals surface area contributed by atoms with E-state index in [0.717, 1.165) is 11.1 Å². The van der Waals surface area contributed by atoms with Crippen molar-refractivity contribution in [1.82, 2.24) is 0 Å². The van der Waals surface area contributed by atoms with Gasteiger partial charge in [0.2, 0.25) is 0 Å². The molecule has 0 heterocycles. The summed E-state index contributed by atoms with van der Waals surface area (Å²) in [6.45, 7) is 0. The van der Waals surface area contributed by atoms with E-state index in [-0.39, 0.29) is 12.4 Å². The zero-order chi connectivity index (χ0) is 14.4. The van der Waals surface area contributed by atoms with Gasteiger partial charge in [0.15, 0.2) is 0 Å². The van der Waals surface area contributed by atoms with Crippen molar-refractivity contribution < 1.29 is 14.3 Å². The standard InChI is InChI=1S/C17H18O3/c1-19-16(18)13-17(20-2,14-9-5-3-6-10-14)15-11-7-4-8-12-15/h3-12H,13H2,1-2H3. The summed E-state index contributed by atoms with van der Waals surface area (Å²) >= 11 is 0. The van der Waals surface area contributed by atoms with Crippen LogP contribution in [0.2, 0.25) is 0 Å². The van der Waals surface area contributed by atoms with E-state index in [1.54, 1.807) is 7.11 Å². The minimum absolute atomic E-state index is 0.133. The molecule has 0 saturated heterocycles. The second kappa shape index (κ2) is 6.35. The van der Waals surface area contributed by atoms with Crippen LogP contribution in [0.5, 0.6) is 0 Å². The van der Waals surface area contributed by atoms with Gasteiger partial charge in [0.05, 0.1) is 13.5 Å². The number of esters is 1. The largest absolute Gasteiger partial charge is 0.469 e. The van der Waals surface area contributed by atoms with Crippen molar-refractivity contribution in [2.45, 2.75) is 12.0 Å². The van der Waals surface area contributed by atoms with Gasteiger partial charge in [0.25, 0.3) is 0 Å². The molecule has 0 amide bonds. The summed E-state index contributed by atoms with van der Waals surface area (Å²) in [6.07, 6.45) is 0.133. The Morgan fingerprint density at radius 1 is 0.900 bits per heavy atom. The highest BCUT2D eigenvalue weighted by molar-refractivity contribution is 5.72. The smallest absolute Gasteiger partial charge is 0.309 e. The molecule has 2 aromatic rings. The molecular weight excluding hydrogens is 252 g/mol. The number of carbonyl (C=O) groups excluding carboxylic acids is 1. The highest BCUT2D eigenvalue weighted by Crippen LogP contribution is 2.36. The van der Waals surface area contributed by atoms with Crippen LogP contribution in [-0.4, -0.2) is 20.2 Å². The van der Waals surface area contributed by atoms with Crippen LogP contribution in [0, 0.1) is 0 Å². The number of ether oxygens (including phenoxy) is 2. The molecule has 104 valence electrons. The summed E-state index contributed by atoms with van der Waals surface area (Å²) in [5.41, 5.74) is 1.04. The van der Waals surface area contributed by atoms with Crippen LogP contribution in [0.3, 0.4) is 0 Å². The maximum atomic E-state index is 11.8. The van der Waals surface area contributed by atoms with Gasteiger partial charge in [-0.1, -0.05) is 60.7 Å². The predicted octanol–water partition coefficient (Wildman–Crippen LogP) is 3.14. The number of methoxy groups -OCH3 is 2. The molecule has 0 fully saturated rings.